The van der Waals surface area contributed by atoms with Crippen molar-refractivity contribution in [3.8, 4) is 11.1 Å². The van der Waals surface area contributed by atoms with Gasteiger partial charge in [0.2, 0.25) is 0 Å². The van der Waals surface area contributed by atoms with Crippen molar-refractivity contribution in [3.05, 3.63) is 109 Å². The van der Waals surface area contributed by atoms with E-state index >= 15 is 0 Å². The Labute approximate surface area is 273 Å². The van der Waals surface area contributed by atoms with Crippen LogP contribution < -0.4 is 10.2 Å². The van der Waals surface area contributed by atoms with Crippen molar-refractivity contribution in [3.63, 3.8) is 0 Å². The van der Waals surface area contributed by atoms with Crippen LogP contribution in [0.25, 0.3) is 16.8 Å². The Balaban J connectivity index is 1.33. The Morgan fingerprint density at radius 1 is 1.09 bits per heavy atom. The third kappa shape index (κ3) is 6.50. The highest BCUT2D eigenvalue weighted by atomic mass is 19.1. The summed E-state index contributed by atoms with van der Waals surface area (Å²) in [6, 6.07) is 13.0. The predicted octanol–water partition coefficient (Wildman–Crippen LogP) is 5.09. The molecular weight excluding hydrogens is 597 g/mol. The summed E-state index contributed by atoms with van der Waals surface area (Å²) in [6.45, 7) is 9.05. The molecule has 2 aromatic carbocycles. The number of benzene rings is 2. The minimum absolute atomic E-state index is 0.00591. The molecule has 0 spiro atoms. The van der Waals surface area contributed by atoms with E-state index in [0.29, 0.717) is 18.2 Å². The first-order chi connectivity index (χ1) is 22.7. The second-order valence-electron chi connectivity index (χ2n) is 12.0. The van der Waals surface area contributed by atoms with Gasteiger partial charge in [-0.25, -0.2) is 9.07 Å². The molecule has 0 unspecified atom stereocenters. The molecule has 1 fully saturated rings. The number of amides is 2. The summed E-state index contributed by atoms with van der Waals surface area (Å²) in [7, 11) is 4.24. The zero-order valence-corrected chi connectivity index (χ0v) is 26.6. The minimum Gasteiger partial charge on any atom is -0.371 e. The van der Waals surface area contributed by atoms with Crippen LogP contribution in [0.2, 0.25) is 0 Å². The predicted molar refractivity (Wildman–Crippen MR) is 180 cm³/mol. The van der Waals surface area contributed by atoms with Crippen molar-refractivity contribution in [1.29, 1.82) is 0 Å². The lowest BCUT2D eigenvalue weighted by molar-refractivity contribution is -0.121. The van der Waals surface area contributed by atoms with E-state index in [4.69, 9.17) is 0 Å². The van der Waals surface area contributed by atoms with E-state index in [1.807, 2.05) is 36.4 Å². The molecule has 11 nitrogen and oxygen atoms in total. The number of nitrogens with one attached hydrogen (secondary N) is 2. The number of piperidine rings is 1. The normalized spacial score (nSPS) is 17.0. The Hall–Kier alpha value is -5.36. The molecule has 6 rings (SSSR count). The maximum Gasteiger partial charge on any atom is 0.277 e. The van der Waals surface area contributed by atoms with Gasteiger partial charge in [0.05, 0.1) is 12.4 Å². The fraction of sp³-hybridized carbons (Fsp3) is 0.286. The number of anilines is 2. The molecule has 2 aromatic heterocycles. The van der Waals surface area contributed by atoms with Crippen LogP contribution in [0.3, 0.4) is 0 Å². The minimum atomic E-state index is -0.941. The zero-order valence-electron chi connectivity index (χ0n) is 26.6. The van der Waals surface area contributed by atoms with Crippen molar-refractivity contribution in [2.75, 3.05) is 43.9 Å². The van der Waals surface area contributed by atoms with Crippen molar-refractivity contribution < 1.29 is 14.0 Å². The van der Waals surface area contributed by atoms with Gasteiger partial charge in [0.25, 0.3) is 11.8 Å². The highest BCUT2D eigenvalue weighted by molar-refractivity contribution is 6.01. The number of aromatic nitrogens is 5. The van der Waals surface area contributed by atoms with Crippen LogP contribution in [-0.4, -0.2) is 86.6 Å². The molecule has 47 heavy (non-hydrogen) atoms. The smallest absolute Gasteiger partial charge is 0.277 e. The summed E-state index contributed by atoms with van der Waals surface area (Å²) in [5.41, 5.74) is 5.38. The number of halogens is 1. The summed E-state index contributed by atoms with van der Waals surface area (Å²) < 4.78 is 15.3. The fourth-order valence-corrected chi connectivity index (χ4v) is 6.47. The SMILES string of the molecule is C=C/C=C(\C(=C)F)n1cc(C(=O)N2CCc3c(cccc3N3CCC(N(C)C)CC3)[C@H]2C(=O)Nc2ccc(-c3cn[nH]c3)cc2)nn1. The van der Waals surface area contributed by atoms with Gasteiger partial charge in [-0.15, -0.1) is 5.10 Å². The number of hydrogen-bond acceptors (Lipinski definition) is 7. The Bertz CT molecular complexity index is 1800. The van der Waals surface area contributed by atoms with E-state index in [0.717, 1.165) is 58.6 Å². The van der Waals surface area contributed by atoms with Crippen LogP contribution in [0.5, 0.6) is 0 Å². The molecule has 1 saturated heterocycles. The van der Waals surface area contributed by atoms with Crippen LogP contribution in [0.1, 0.15) is 40.5 Å². The largest absolute Gasteiger partial charge is 0.371 e. The molecule has 242 valence electrons. The van der Waals surface area contributed by atoms with Crippen LogP contribution in [0, 0.1) is 0 Å². The van der Waals surface area contributed by atoms with Crippen LogP contribution >= 0.6 is 0 Å². The molecule has 2 aliphatic heterocycles. The zero-order chi connectivity index (χ0) is 33.1. The summed E-state index contributed by atoms with van der Waals surface area (Å²) in [4.78, 5) is 34.5. The summed E-state index contributed by atoms with van der Waals surface area (Å²) in [5, 5.41) is 17.9. The van der Waals surface area contributed by atoms with E-state index in [-0.39, 0.29) is 23.8 Å². The molecular formula is C35H38FN9O2. The maximum atomic E-state index is 14.2. The van der Waals surface area contributed by atoms with Gasteiger partial charge >= 0.3 is 0 Å². The van der Waals surface area contributed by atoms with Gasteiger partial charge in [-0.1, -0.05) is 48.7 Å². The number of fused-ring (bicyclic) bond motifs is 1. The van der Waals surface area contributed by atoms with Crippen molar-refractivity contribution in [2.24, 2.45) is 0 Å². The van der Waals surface area contributed by atoms with Gasteiger partial charge in [0.1, 0.15) is 17.6 Å². The monoisotopic (exact) mass is 635 g/mol. The molecule has 12 heteroatoms. The number of carbonyl (C=O) groups excluding carboxylic acids is 2. The third-order valence-electron chi connectivity index (χ3n) is 8.94. The molecule has 0 aliphatic carbocycles. The second kappa shape index (κ2) is 13.6. The van der Waals surface area contributed by atoms with Crippen molar-refractivity contribution in [2.45, 2.75) is 31.3 Å². The molecule has 0 saturated carbocycles. The molecule has 4 heterocycles. The summed E-state index contributed by atoms with van der Waals surface area (Å²) >= 11 is 0. The number of allylic oxidation sites excluding steroid dienone is 4. The van der Waals surface area contributed by atoms with E-state index in [9.17, 15) is 14.0 Å². The van der Waals surface area contributed by atoms with Gasteiger partial charge in [0.15, 0.2) is 5.69 Å². The Kier molecular flexibility index (Phi) is 9.12. The molecule has 2 aliphatic rings. The van der Waals surface area contributed by atoms with Crippen molar-refractivity contribution in [1.82, 2.24) is 35.0 Å². The molecule has 2 N–H and O–H groups in total. The number of hydrogen-bond donors (Lipinski definition) is 2. The molecule has 0 radical (unpaired) electrons. The number of carbonyl (C=O) groups is 2. The van der Waals surface area contributed by atoms with Gasteiger partial charge in [0, 0.05) is 48.8 Å². The lowest BCUT2D eigenvalue weighted by atomic mass is 9.89. The van der Waals surface area contributed by atoms with Gasteiger partial charge < -0.3 is 20.0 Å². The average molecular weight is 636 g/mol. The Morgan fingerprint density at radius 2 is 1.85 bits per heavy atom. The maximum absolute atomic E-state index is 14.2. The van der Waals surface area contributed by atoms with Crippen LogP contribution in [0.15, 0.2) is 92.2 Å². The quantitative estimate of drug-likeness (QED) is 0.246. The third-order valence-corrected chi connectivity index (χ3v) is 8.94. The number of H-pyrrole nitrogens is 1. The molecule has 1 atom stereocenters. The standard InChI is InChI=1S/C35H38FN9O2/c1-5-7-31(23(2)36)45-22-30(40-41-45)35(47)44-19-16-28-29(8-6-9-32(28)43-17-14-27(15-18-43)42(3)4)33(44)34(46)39-26-12-10-24(11-13-26)25-20-37-38-21-25/h5-13,20-22,27,33H,1-2,14-19H2,3-4H3,(H,37,38)(H,39,46)/b31-7+/t33-/m0/s1. The Morgan fingerprint density at radius 3 is 2.51 bits per heavy atom. The number of rotatable bonds is 9. The lowest BCUT2D eigenvalue weighted by Crippen LogP contribution is -2.46. The topological polar surface area (TPSA) is 115 Å². The first-order valence-electron chi connectivity index (χ1n) is 15.6. The van der Waals surface area contributed by atoms with Crippen LogP contribution in [-0.2, 0) is 11.2 Å². The summed E-state index contributed by atoms with van der Waals surface area (Å²) in [5.74, 6) is -1.59. The molecule has 4 aromatic rings. The second-order valence-corrected chi connectivity index (χ2v) is 12.0. The van der Waals surface area contributed by atoms with Crippen LogP contribution in [0.4, 0.5) is 15.8 Å². The van der Waals surface area contributed by atoms with Gasteiger partial charge in [-0.05, 0) is 74.3 Å². The van der Waals surface area contributed by atoms with E-state index in [1.165, 1.54) is 23.2 Å². The number of nitrogens with zero attached hydrogens (tertiary/aromatic N) is 7. The average Bonchev–Trinajstić information content (AvgIpc) is 3.80. The highest BCUT2D eigenvalue weighted by Crippen LogP contribution is 2.38. The van der Waals surface area contributed by atoms with Gasteiger partial charge in [-0.2, -0.15) is 5.10 Å². The first-order valence-corrected chi connectivity index (χ1v) is 15.6. The lowest BCUT2D eigenvalue weighted by Gasteiger charge is -2.41. The van der Waals surface area contributed by atoms with E-state index in [2.05, 4.69) is 68.9 Å². The van der Waals surface area contributed by atoms with E-state index in [1.54, 1.807) is 12.4 Å². The van der Waals surface area contributed by atoms with Crippen molar-refractivity contribution >= 4 is 28.9 Å². The fourth-order valence-electron chi connectivity index (χ4n) is 6.47. The summed E-state index contributed by atoms with van der Waals surface area (Å²) in [6.07, 6.45) is 10.3. The highest BCUT2D eigenvalue weighted by Gasteiger charge is 2.39. The van der Waals surface area contributed by atoms with Gasteiger partial charge in [-0.3, -0.25) is 14.7 Å². The molecule has 0 bridgehead atoms. The molecule has 2 amide bonds. The first kappa shape index (κ1) is 31.6. The van der Waals surface area contributed by atoms with E-state index < -0.39 is 17.8 Å². The number of aromatic amines is 1.